The summed E-state index contributed by atoms with van der Waals surface area (Å²) >= 11 is 6.18. The van der Waals surface area contributed by atoms with Crippen molar-refractivity contribution in [3.63, 3.8) is 0 Å². The number of benzene rings is 1. The van der Waals surface area contributed by atoms with Crippen molar-refractivity contribution in [2.45, 2.75) is 32.2 Å². The minimum atomic E-state index is 0.542. The number of anilines is 1. The smallest absolute Gasteiger partial charge is 0.0411 e. The number of likely N-dealkylation sites (tertiary alicyclic amines) is 1. The van der Waals surface area contributed by atoms with E-state index in [1.807, 2.05) is 6.07 Å². The maximum atomic E-state index is 6.18. The third-order valence-corrected chi connectivity index (χ3v) is 4.50. The summed E-state index contributed by atoms with van der Waals surface area (Å²) in [5.74, 6) is 0.647. The number of nitrogens with one attached hydrogen (secondary N) is 1. The van der Waals surface area contributed by atoms with E-state index < -0.39 is 0 Å². The molecule has 2 heterocycles. The van der Waals surface area contributed by atoms with Crippen molar-refractivity contribution in [1.82, 2.24) is 4.90 Å². The van der Waals surface area contributed by atoms with E-state index in [-0.39, 0.29) is 0 Å². The Balaban J connectivity index is 1.95. The summed E-state index contributed by atoms with van der Waals surface area (Å²) in [6, 6.07) is 6.80. The van der Waals surface area contributed by atoms with E-state index in [0.29, 0.717) is 12.0 Å². The normalized spacial score (nSPS) is 28.6. The van der Waals surface area contributed by atoms with Crippen molar-refractivity contribution in [3.8, 4) is 0 Å². The van der Waals surface area contributed by atoms with Crippen LogP contribution in [0.15, 0.2) is 18.2 Å². The molecular formula is C15H21ClN2. The van der Waals surface area contributed by atoms with Crippen molar-refractivity contribution >= 4 is 17.3 Å². The third-order valence-electron chi connectivity index (χ3n) is 4.27. The van der Waals surface area contributed by atoms with Gasteiger partial charge in [0.1, 0.15) is 0 Å². The van der Waals surface area contributed by atoms with Gasteiger partial charge in [0.2, 0.25) is 0 Å². The number of nitrogens with zero attached hydrogens (tertiary/aromatic N) is 1. The molecule has 98 valence electrons. The molecule has 1 saturated heterocycles. The van der Waals surface area contributed by atoms with Gasteiger partial charge in [-0.1, -0.05) is 24.9 Å². The van der Waals surface area contributed by atoms with Gasteiger partial charge in [0.05, 0.1) is 0 Å². The van der Waals surface area contributed by atoms with Crippen LogP contribution in [0.4, 0.5) is 5.69 Å². The zero-order chi connectivity index (χ0) is 12.5. The van der Waals surface area contributed by atoms with Crippen molar-refractivity contribution in [3.05, 3.63) is 28.8 Å². The summed E-state index contributed by atoms with van der Waals surface area (Å²) in [4.78, 5) is 2.66. The molecule has 2 aliphatic heterocycles. The van der Waals surface area contributed by atoms with E-state index in [1.165, 1.54) is 43.6 Å². The fourth-order valence-corrected chi connectivity index (χ4v) is 3.56. The summed E-state index contributed by atoms with van der Waals surface area (Å²) in [5, 5.41) is 4.38. The minimum absolute atomic E-state index is 0.542. The van der Waals surface area contributed by atoms with Crippen LogP contribution in [-0.4, -0.2) is 24.5 Å². The molecule has 2 atom stereocenters. The van der Waals surface area contributed by atoms with Gasteiger partial charge in [-0.15, -0.1) is 0 Å². The summed E-state index contributed by atoms with van der Waals surface area (Å²) in [5.41, 5.74) is 2.66. The SMILES string of the molecule is CC1CNc2ccc(Cl)cc2C1N1CCCCC1. The molecule has 1 aromatic carbocycles. The molecule has 18 heavy (non-hydrogen) atoms. The van der Waals surface area contributed by atoms with Gasteiger partial charge >= 0.3 is 0 Å². The van der Waals surface area contributed by atoms with Crippen LogP contribution in [-0.2, 0) is 0 Å². The summed E-state index contributed by atoms with van der Waals surface area (Å²) in [7, 11) is 0. The van der Waals surface area contributed by atoms with Gasteiger partial charge in [-0.05, 0) is 55.6 Å². The standard InChI is InChI=1S/C15H21ClN2/c1-11-10-17-14-6-5-12(16)9-13(14)15(11)18-7-3-2-4-8-18/h5-6,9,11,15,17H,2-4,7-8,10H2,1H3. The number of halogens is 1. The summed E-state index contributed by atoms with van der Waals surface area (Å²) < 4.78 is 0. The molecule has 1 N–H and O–H groups in total. The first-order chi connectivity index (χ1) is 8.75. The second-order valence-electron chi connectivity index (χ2n) is 5.63. The minimum Gasteiger partial charge on any atom is -0.384 e. The highest BCUT2D eigenvalue weighted by atomic mass is 35.5. The van der Waals surface area contributed by atoms with Gasteiger partial charge < -0.3 is 5.32 Å². The van der Waals surface area contributed by atoms with Crippen LogP contribution >= 0.6 is 11.6 Å². The van der Waals surface area contributed by atoms with Gasteiger partial charge in [0, 0.05) is 23.3 Å². The molecule has 0 amide bonds. The Morgan fingerprint density at radius 2 is 2.00 bits per heavy atom. The van der Waals surface area contributed by atoms with E-state index in [1.54, 1.807) is 0 Å². The Hall–Kier alpha value is -0.730. The van der Waals surface area contributed by atoms with Crippen LogP contribution in [0.25, 0.3) is 0 Å². The van der Waals surface area contributed by atoms with Crippen molar-refractivity contribution in [1.29, 1.82) is 0 Å². The average Bonchev–Trinajstić information content (AvgIpc) is 2.39. The third kappa shape index (κ3) is 2.24. The Labute approximate surface area is 114 Å². The fraction of sp³-hybridized carbons (Fsp3) is 0.600. The first-order valence-electron chi connectivity index (χ1n) is 7.03. The Kier molecular flexibility index (Phi) is 3.49. The first-order valence-corrected chi connectivity index (χ1v) is 7.41. The molecule has 0 spiro atoms. The summed E-state index contributed by atoms with van der Waals surface area (Å²) in [6.07, 6.45) is 4.07. The molecular weight excluding hydrogens is 244 g/mol. The zero-order valence-corrected chi connectivity index (χ0v) is 11.7. The Morgan fingerprint density at radius 3 is 2.78 bits per heavy atom. The van der Waals surface area contributed by atoms with E-state index >= 15 is 0 Å². The molecule has 0 bridgehead atoms. The molecule has 3 rings (SSSR count). The second kappa shape index (κ2) is 5.10. The molecule has 2 unspecified atom stereocenters. The van der Waals surface area contributed by atoms with Crippen LogP contribution in [0.2, 0.25) is 5.02 Å². The average molecular weight is 265 g/mol. The Morgan fingerprint density at radius 1 is 1.22 bits per heavy atom. The number of hydrogen-bond donors (Lipinski definition) is 1. The number of fused-ring (bicyclic) bond motifs is 1. The highest BCUT2D eigenvalue weighted by Gasteiger charge is 2.32. The maximum Gasteiger partial charge on any atom is 0.0411 e. The lowest BCUT2D eigenvalue weighted by Gasteiger charge is -2.42. The quantitative estimate of drug-likeness (QED) is 0.827. The second-order valence-corrected chi connectivity index (χ2v) is 6.07. The Bertz CT molecular complexity index is 427. The van der Waals surface area contributed by atoms with E-state index in [4.69, 9.17) is 11.6 Å². The largest absolute Gasteiger partial charge is 0.384 e. The lowest BCUT2D eigenvalue weighted by Crippen LogP contribution is -2.41. The van der Waals surface area contributed by atoms with Crippen molar-refractivity contribution < 1.29 is 0 Å². The number of piperidine rings is 1. The molecule has 2 nitrogen and oxygen atoms in total. The molecule has 2 aliphatic rings. The van der Waals surface area contributed by atoms with E-state index in [2.05, 4.69) is 29.3 Å². The zero-order valence-electron chi connectivity index (χ0n) is 11.0. The van der Waals surface area contributed by atoms with Crippen LogP contribution in [0, 0.1) is 5.92 Å². The molecule has 1 fully saturated rings. The van der Waals surface area contributed by atoms with Crippen molar-refractivity contribution in [2.24, 2.45) is 5.92 Å². The lowest BCUT2D eigenvalue weighted by molar-refractivity contribution is 0.123. The van der Waals surface area contributed by atoms with Gasteiger partial charge in [-0.25, -0.2) is 0 Å². The molecule has 1 aromatic rings. The highest BCUT2D eigenvalue weighted by Crippen LogP contribution is 2.39. The number of hydrogen-bond acceptors (Lipinski definition) is 2. The molecule has 0 radical (unpaired) electrons. The molecule has 0 saturated carbocycles. The predicted molar refractivity (Wildman–Crippen MR) is 77.3 cm³/mol. The predicted octanol–water partition coefficient (Wildman–Crippen LogP) is 3.93. The molecule has 0 aromatic heterocycles. The first kappa shape index (κ1) is 12.3. The van der Waals surface area contributed by atoms with Gasteiger partial charge in [0.15, 0.2) is 0 Å². The molecule has 0 aliphatic carbocycles. The van der Waals surface area contributed by atoms with Crippen LogP contribution in [0.5, 0.6) is 0 Å². The highest BCUT2D eigenvalue weighted by molar-refractivity contribution is 6.30. The lowest BCUT2D eigenvalue weighted by atomic mass is 9.87. The van der Waals surface area contributed by atoms with Gasteiger partial charge in [-0.3, -0.25) is 4.90 Å². The van der Waals surface area contributed by atoms with Crippen LogP contribution < -0.4 is 5.32 Å². The van der Waals surface area contributed by atoms with E-state index in [9.17, 15) is 0 Å². The number of rotatable bonds is 1. The van der Waals surface area contributed by atoms with E-state index in [0.717, 1.165) is 11.6 Å². The topological polar surface area (TPSA) is 15.3 Å². The fourth-order valence-electron chi connectivity index (χ4n) is 3.38. The maximum absolute atomic E-state index is 6.18. The monoisotopic (exact) mass is 264 g/mol. The van der Waals surface area contributed by atoms with Gasteiger partial charge in [-0.2, -0.15) is 0 Å². The van der Waals surface area contributed by atoms with Crippen LogP contribution in [0.3, 0.4) is 0 Å². The van der Waals surface area contributed by atoms with Crippen molar-refractivity contribution in [2.75, 3.05) is 25.0 Å². The van der Waals surface area contributed by atoms with Crippen LogP contribution in [0.1, 0.15) is 37.8 Å². The summed E-state index contributed by atoms with van der Waals surface area (Å²) in [6.45, 7) is 5.88. The molecule has 3 heteroatoms. The van der Waals surface area contributed by atoms with Gasteiger partial charge in [0.25, 0.3) is 0 Å².